The van der Waals surface area contributed by atoms with Crippen molar-refractivity contribution in [2.75, 3.05) is 11.9 Å². The Balaban J connectivity index is 1.86. The van der Waals surface area contributed by atoms with Gasteiger partial charge in [0.25, 0.3) is 17.7 Å². The van der Waals surface area contributed by atoms with Crippen molar-refractivity contribution < 1.29 is 19.2 Å². The molecule has 3 rings (SSSR count). The average Bonchev–Trinajstić information content (AvgIpc) is 2.87. The van der Waals surface area contributed by atoms with Crippen LogP contribution in [0.25, 0.3) is 0 Å². The molecular weight excluding hydrogens is 332 g/mol. The molecule has 0 saturated carbocycles. The lowest BCUT2D eigenvalue weighted by atomic mass is 10.0. The highest BCUT2D eigenvalue weighted by molar-refractivity contribution is 6.22. The van der Waals surface area contributed by atoms with E-state index in [4.69, 9.17) is 0 Å². The molecule has 130 valence electrons. The van der Waals surface area contributed by atoms with Crippen LogP contribution in [0.1, 0.15) is 48.4 Å². The summed E-state index contributed by atoms with van der Waals surface area (Å²) in [6, 6.07) is 10.9. The Hall–Kier alpha value is -3.54. The number of nitrogens with one attached hydrogen (secondary N) is 1. The molecule has 1 aliphatic rings. The van der Waals surface area contributed by atoms with Crippen LogP contribution in [0.3, 0.4) is 0 Å². The van der Waals surface area contributed by atoms with Gasteiger partial charge in [-0.05, 0) is 37.3 Å². The first kappa shape index (κ1) is 17.3. The second-order valence-corrected chi connectivity index (χ2v) is 5.86. The number of fused-ring (bicyclic) bond motifs is 1. The number of imide groups is 1. The molecule has 0 saturated heterocycles. The molecule has 6 heteroatoms. The van der Waals surface area contributed by atoms with Crippen LogP contribution in [0.15, 0.2) is 55.1 Å². The molecule has 0 aromatic heterocycles. The van der Waals surface area contributed by atoms with Crippen LogP contribution in [0.5, 0.6) is 0 Å². The fourth-order valence-electron chi connectivity index (χ4n) is 2.75. The second kappa shape index (κ2) is 6.76. The first-order valence-corrected chi connectivity index (χ1v) is 7.96. The lowest BCUT2D eigenvalue weighted by Gasteiger charge is -2.09. The summed E-state index contributed by atoms with van der Waals surface area (Å²) in [6.07, 6.45) is 1.47. The SMILES string of the molecule is C=CCN1C(=O)c2ccc(C(=O)Nc3cccc(C(C)=O)c3)cc2C1=O. The summed E-state index contributed by atoms with van der Waals surface area (Å²) in [5.41, 5.74) is 1.67. The monoisotopic (exact) mass is 348 g/mol. The number of nitrogens with zero attached hydrogens (tertiary/aromatic N) is 1. The molecular formula is C20H16N2O4. The minimum absolute atomic E-state index is 0.106. The summed E-state index contributed by atoms with van der Waals surface area (Å²) in [7, 11) is 0. The number of hydrogen-bond donors (Lipinski definition) is 1. The van der Waals surface area contributed by atoms with E-state index in [9.17, 15) is 19.2 Å². The molecule has 26 heavy (non-hydrogen) atoms. The van der Waals surface area contributed by atoms with Gasteiger partial charge in [-0.3, -0.25) is 24.1 Å². The second-order valence-electron chi connectivity index (χ2n) is 5.86. The van der Waals surface area contributed by atoms with E-state index in [2.05, 4.69) is 11.9 Å². The Labute approximate surface area is 150 Å². The summed E-state index contributed by atoms with van der Waals surface area (Å²) < 4.78 is 0. The predicted molar refractivity (Wildman–Crippen MR) is 96.4 cm³/mol. The average molecular weight is 348 g/mol. The van der Waals surface area contributed by atoms with Gasteiger partial charge in [0.15, 0.2) is 5.78 Å². The van der Waals surface area contributed by atoms with Gasteiger partial charge in [0.05, 0.1) is 11.1 Å². The van der Waals surface area contributed by atoms with Gasteiger partial charge in [0.2, 0.25) is 0 Å². The third-order valence-electron chi connectivity index (χ3n) is 4.07. The van der Waals surface area contributed by atoms with Crippen LogP contribution in [0.4, 0.5) is 5.69 Å². The zero-order chi connectivity index (χ0) is 18.8. The van der Waals surface area contributed by atoms with Crippen molar-refractivity contribution in [3.63, 3.8) is 0 Å². The first-order chi connectivity index (χ1) is 12.4. The van der Waals surface area contributed by atoms with E-state index in [0.717, 1.165) is 4.90 Å². The van der Waals surface area contributed by atoms with E-state index in [1.807, 2.05) is 0 Å². The molecule has 1 aliphatic heterocycles. The van der Waals surface area contributed by atoms with E-state index >= 15 is 0 Å². The number of hydrogen-bond acceptors (Lipinski definition) is 4. The standard InChI is InChI=1S/C20H16N2O4/c1-3-9-22-19(25)16-8-7-14(11-17(16)20(22)26)18(24)21-15-6-4-5-13(10-15)12(2)23/h3-8,10-11H,1,9H2,2H3,(H,21,24). The van der Waals surface area contributed by atoms with Gasteiger partial charge < -0.3 is 5.32 Å². The minimum atomic E-state index is -0.446. The van der Waals surface area contributed by atoms with Crippen LogP contribution in [-0.4, -0.2) is 34.9 Å². The topological polar surface area (TPSA) is 83.6 Å². The van der Waals surface area contributed by atoms with Gasteiger partial charge in [0.1, 0.15) is 0 Å². The summed E-state index contributed by atoms with van der Waals surface area (Å²) in [5, 5.41) is 2.69. The fraction of sp³-hybridized carbons (Fsp3) is 0.100. The molecule has 6 nitrogen and oxygen atoms in total. The molecule has 1 heterocycles. The Morgan fingerprint density at radius 1 is 1.04 bits per heavy atom. The molecule has 0 fully saturated rings. The van der Waals surface area contributed by atoms with E-state index in [0.29, 0.717) is 11.3 Å². The van der Waals surface area contributed by atoms with Gasteiger partial charge in [-0.25, -0.2) is 0 Å². The van der Waals surface area contributed by atoms with Gasteiger partial charge in [-0.1, -0.05) is 18.2 Å². The van der Waals surface area contributed by atoms with Gasteiger partial charge in [0, 0.05) is 23.4 Å². The highest BCUT2D eigenvalue weighted by Gasteiger charge is 2.35. The normalized spacial score (nSPS) is 12.7. The highest BCUT2D eigenvalue weighted by Crippen LogP contribution is 2.24. The predicted octanol–water partition coefficient (Wildman–Crippen LogP) is 2.92. The maximum absolute atomic E-state index is 12.5. The van der Waals surface area contributed by atoms with E-state index in [1.165, 1.54) is 31.2 Å². The zero-order valence-corrected chi connectivity index (χ0v) is 14.1. The quantitative estimate of drug-likeness (QED) is 0.511. The Morgan fingerprint density at radius 2 is 1.77 bits per heavy atom. The largest absolute Gasteiger partial charge is 0.322 e. The summed E-state index contributed by atoms with van der Waals surface area (Å²) in [5.74, 6) is -1.38. The number of anilines is 1. The van der Waals surface area contributed by atoms with Crippen molar-refractivity contribution >= 4 is 29.2 Å². The lowest BCUT2D eigenvalue weighted by Crippen LogP contribution is -2.29. The minimum Gasteiger partial charge on any atom is -0.322 e. The summed E-state index contributed by atoms with van der Waals surface area (Å²) in [6.45, 7) is 5.09. The molecule has 0 spiro atoms. The number of ketones is 1. The molecule has 2 aromatic rings. The number of Topliss-reactive ketones (excluding diaryl/α,β-unsaturated/α-hetero) is 1. The zero-order valence-electron chi connectivity index (χ0n) is 14.1. The van der Waals surface area contributed by atoms with E-state index < -0.39 is 17.7 Å². The van der Waals surface area contributed by atoms with Gasteiger partial charge in [-0.15, -0.1) is 6.58 Å². The molecule has 3 amide bonds. The van der Waals surface area contributed by atoms with Crippen molar-refractivity contribution in [2.24, 2.45) is 0 Å². The number of carbonyl (C=O) groups excluding carboxylic acids is 4. The molecule has 1 N–H and O–H groups in total. The molecule has 0 atom stereocenters. The third kappa shape index (κ3) is 3.04. The molecule has 0 radical (unpaired) electrons. The highest BCUT2D eigenvalue weighted by atomic mass is 16.2. The maximum atomic E-state index is 12.5. The molecule has 0 bridgehead atoms. The third-order valence-corrected chi connectivity index (χ3v) is 4.07. The Bertz CT molecular complexity index is 962. The number of benzene rings is 2. The molecule has 0 aliphatic carbocycles. The van der Waals surface area contributed by atoms with Gasteiger partial charge >= 0.3 is 0 Å². The van der Waals surface area contributed by atoms with Crippen molar-refractivity contribution in [3.05, 3.63) is 77.4 Å². The first-order valence-electron chi connectivity index (χ1n) is 7.96. The van der Waals surface area contributed by atoms with Crippen LogP contribution >= 0.6 is 0 Å². The van der Waals surface area contributed by atoms with Crippen molar-refractivity contribution in [1.29, 1.82) is 0 Å². The Kier molecular flexibility index (Phi) is 4.49. The van der Waals surface area contributed by atoms with Crippen LogP contribution in [0.2, 0.25) is 0 Å². The lowest BCUT2D eigenvalue weighted by molar-refractivity contribution is 0.0671. The Morgan fingerprint density at radius 3 is 2.46 bits per heavy atom. The fourth-order valence-corrected chi connectivity index (χ4v) is 2.75. The number of rotatable bonds is 5. The van der Waals surface area contributed by atoms with Crippen molar-refractivity contribution in [1.82, 2.24) is 4.90 Å². The smallest absolute Gasteiger partial charge is 0.261 e. The van der Waals surface area contributed by atoms with E-state index in [1.54, 1.807) is 24.3 Å². The maximum Gasteiger partial charge on any atom is 0.261 e. The van der Waals surface area contributed by atoms with E-state index in [-0.39, 0.29) is 29.0 Å². The number of carbonyl (C=O) groups is 4. The van der Waals surface area contributed by atoms with Crippen LogP contribution in [-0.2, 0) is 0 Å². The summed E-state index contributed by atoms with van der Waals surface area (Å²) in [4.78, 5) is 49.5. The van der Waals surface area contributed by atoms with Crippen molar-refractivity contribution in [3.8, 4) is 0 Å². The van der Waals surface area contributed by atoms with Crippen LogP contribution in [0, 0.1) is 0 Å². The number of amides is 3. The molecule has 0 unspecified atom stereocenters. The molecule has 2 aromatic carbocycles. The van der Waals surface area contributed by atoms with Crippen LogP contribution < -0.4 is 5.32 Å². The summed E-state index contributed by atoms with van der Waals surface area (Å²) >= 11 is 0. The van der Waals surface area contributed by atoms with Gasteiger partial charge in [-0.2, -0.15) is 0 Å². The van der Waals surface area contributed by atoms with Crippen molar-refractivity contribution in [2.45, 2.75) is 6.92 Å².